The summed E-state index contributed by atoms with van der Waals surface area (Å²) in [5, 5.41) is 0. The Morgan fingerprint density at radius 3 is 0.958 bits per heavy atom. The summed E-state index contributed by atoms with van der Waals surface area (Å²) in [6.45, 7) is 45.6. The highest BCUT2D eigenvalue weighted by atomic mass is 16.7. The Kier molecular flexibility index (Phi) is 33.6. The van der Waals surface area contributed by atoms with Crippen molar-refractivity contribution in [2.24, 2.45) is 175 Å². The van der Waals surface area contributed by atoms with E-state index in [0.717, 1.165) is 32.1 Å². The molecule has 18 aliphatic rings. The van der Waals surface area contributed by atoms with Gasteiger partial charge >= 0.3 is 107 Å². The Bertz CT molecular complexity index is 4780. The fourth-order valence-corrected chi connectivity index (χ4v) is 26.7. The average molecular weight is 2020 g/mol. The van der Waals surface area contributed by atoms with Gasteiger partial charge in [-0.05, 0) is 165 Å². The molecule has 0 radical (unpaired) electrons. The lowest BCUT2D eigenvalue weighted by atomic mass is 9.68. The van der Waals surface area contributed by atoms with Crippen molar-refractivity contribution in [2.45, 2.75) is 349 Å². The molecule has 0 amide bonds. The smallest absolute Gasteiger partial charge is 0.344 e. The Morgan fingerprint density at radius 1 is 0.315 bits per heavy atom. The lowest BCUT2D eigenvalue weighted by molar-refractivity contribution is -0.173. The number of hydrogen-bond donors (Lipinski definition) is 0. The fourth-order valence-electron chi connectivity index (χ4n) is 26.7. The van der Waals surface area contributed by atoms with Crippen LogP contribution in [0.1, 0.15) is 275 Å². The van der Waals surface area contributed by atoms with Crippen molar-refractivity contribution in [3.63, 3.8) is 0 Å². The number of hydrogen-bond acceptors (Lipinski definition) is 36. The van der Waals surface area contributed by atoms with E-state index in [2.05, 4.69) is 27.7 Å². The van der Waals surface area contributed by atoms with Crippen molar-refractivity contribution in [2.75, 3.05) is 39.6 Å². The molecule has 12 bridgehead atoms. The lowest BCUT2D eigenvalue weighted by Crippen LogP contribution is -2.45. The van der Waals surface area contributed by atoms with Crippen LogP contribution < -0.4 is 0 Å². The Labute approximate surface area is 837 Å². The van der Waals surface area contributed by atoms with E-state index < -0.39 is 82.9 Å². The number of fused-ring (bicyclic) bond motifs is 6. The van der Waals surface area contributed by atoms with Gasteiger partial charge in [0.15, 0.2) is 19.8 Å². The Morgan fingerprint density at radius 2 is 0.601 bits per heavy atom. The average Bonchev–Trinajstić information content (AvgIpc) is 1.52. The number of esters is 18. The minimum Gasteiger partial charge on any atom is -0.465 e. The van der Waals surface area contributed by atoms with E-state index in [-0.39, 0.29) is 331 Å². The van der Waals surface area contributed by atoms with Gasteiger partial charge in [-0.25, -0.2) is 14.4 Å². The maximum atomic E-state index is 12.1. The van der Waals surface area contributed by atoms with Crippen LogP contribution in [0.4, 0.5) is 0 Å². The number of carbonyl (C=O) groups excluding carboxylic acids is 18. The lowest BCUT2D eigenvalue weighted by Gasteiger charge is -2.37. The summed E-state index contributed by atoms with van der Waals surface area (Å²) in [6, 6.07) is 0. The normalized spacial score (nSPS) is 36.6. The van der Waals surface area contributed by atoms with Gasteiger partial charge in [-0.1, -0.05) is 125 Å². The van der Waals surface area contributed by atoms with Crippen LogP contribution in [-0.4, -0.2) is 220 Å². The summed E-state index contributed by atoms with van der Waals surface area (Å²) in [7, 11) is 0. The molecular weight excluding hydrogens is 1860 g/mol. The van der Waals surface area contributed by atoms with Crippen molar-refractivity contribution >= 4 is 107 Å². The fraction of sp³-hybridized carbons (Fsp3) is 0.832. The third-order valence-corrected chi connectivity index (χ3v) is 37.0. The second kappa shape index (κ2) is 43.5. The Balaban J connectivity index is 0.000000144. The third-order valence-electron chi connectivity index (χ3n) is 37.0. The van der Waals surface area contributed by atoms with Crippen LogP contribution >= 0.6 is 0 Å². The summed E-state index contributed by atoms with van der Waals surface area (Å²) >= 11 is 0. The van der Waals surface area contributed by atoms with Gasteiger partial charge in [-0.2, -0.15) is 0 Å². The molecule has 6 aliphatic heterocycles. The third kappa shape index (κ3) is 21.7. The molecule has 143 heavy (non-hydrogen) atoms. The summed E-state index contributed by atoms with van der Waals surface area (Å²) in [5.41, 5.74) is -2.07. The van der Waals surface area contributed by atoms with E-state index in [1.807, 2.05) is 111 Å². The van der Waals surface area contributed by atoms with Gasteiger partial charge in [-0.15, -0.1) is 0 Å². The standard InChI is InChI=1S/C19H28O6.3C18H26O6.2C17H24O6/c1-5-19(3,4)18(22)23-8-6-7-13(20)24-15-11-9-12-14(10(11)2)17(21)25-16(12)15;1-6-17(2,3)16(21)22-8-11(19)23-13-10-7-9-12(18(10,4)5)14(13)24-15(9)20;1-5-18(3,4)17(21)22-7-6-12(19)23-14-10-8-11-13(9(10)2)16(20)24-15(11)14;1-4-9(2)17(20)22-7-5-6-13(19)23-15-11-8-12-14(10(11)3)18(21)24-16(12)15;1-5-8(2)15(19)21-7-11(18)22-13-10-6-9-12(17(10,3)4)14(13)23-16(9)20;1-5-8(2)15(19)21-7-11(18)22-14-10-6-9-12(17(10,3)4)16(20)23-13(9)14/h10-12,14-16H,5-9H2,1-4H3;9-10,12-14H,6-8H2,1-5H3;9-11,13-15H,5-8H2,1-4H3;9-12,14-16H,4-8H2,1-3H3;2*8-10,12-14H,5-7H2,1-4H3. The number of ether oxygens (including phenoxy) is 18. The van der Waals surface area contributed by atoms with Crippen molar-refractivity contribution in [3.05, 3.63) is 0 Å². The second-order valence-corrected chi connectivity index (χ2v) is 47.2. The van der Waals surface area contributed by atoms with Crippen LogP contribution in [0.5, 0.6) is 0 Å². The largest absolute Gasteiger partial charge is 0.465 e. The zero-order chi connectivity index (χ0) is 105. The zero-order valence-electron chi connectivity index (χ0n) is 87.7. The molecule has 36 atom stereocenters. The minimum atomic E-state index is -0.622. The first kappa shape index (κ1) is 111. The van der Waals surface area contributed by atoms with Gasteiger partial charge in [0, 0.05) is 83.9 Å². The number of rotatable bonds is 35. The van der Waals surface area contributed by atoms with E-state index in [0.29, 0.717) is 57.8 Å². The molecule has 18 fully saturated rings. The summed E-state index contributed by atoms with van der Waals surface area (Å²) in [4.78, 5) is 214. The van der Waals surface area contributed by atoms with Crippen LogP contribution in [0.25, 0.3) is 0 Å². The van der Waals surface area contributed by atoms with Gasteiger partial charge in [0.25, 0.3) is 0 Å². The highest BCUT2D eigenvalue weighted by Crippen LogP contribution is 2.69. The monoisotopic (exact) mass is 2020 g/mol. The van der Waals surface area contributed by atoms with Gasteiger partial charge in [-0.3, -0.25) is 71.9 Å². The predicted molar refractivity (Wildman–Crippen MR) is 497 cm³/mol. The highest BCUT2D eigenvalue weighted by Gasteiger charge is 2.76. The van der Waals surface area contributed by atoms with Crippen LogP contribution in [0.3, 0.4) is 0 Å². The van der Waals surface area contributed by atoms with Crippen LogP contribution in [-0.2, 0) is 172 Å². The van der Waals surface area contributed by atoms with Gasteiger partial charge in [0.2, 0.25) is 0 Å². The van der Waals surface area contributed by atoms with E-state index >= 15 is 0 Å². The van der Waals surface area contributed by atoms with E-state index in [9.17, 15) is 86.3 Å². The summed E-state index contributed by atoms with van der Waals surface area (Å²) in [6.07, 6.45) is 6.27. The van der Waals surface area contributed by atoms with Crippen LogP contribution in [0.2, 0.25) is 0 Å². The highest BCUT2D eigenvalue weighted by molar-refractivity contribution is 5.85. The molecule has 18 rings (SSSR count). The maximum Gasteiger partial charge on any atom is 0.344 e. The van der Waals surface area contributed by atoms with E-state index in [1.165, 1.54) is 0 Å². The van der Waals surface area contributed by atoms with Gasteiger partial charge in [0.05, 0.1) is 89.1 Å². The molecule has 0 N–H and O–H groups in total. The van der Waals surface area contributed by atoms with Crippen molar-refractivity contribution in [1.29, 1.82) is 0 Å². The van der Waals surface area contributed by atoms with Gasteiger partial charge in [0.1, 0.15) is 79.9 Å². The molecule has 36 nitrogen and oxygen atoms in total. The first-order valence-corrected chi connectivity index (χ1v) is 52.5. The SMILES string of the molecule is CCC(C)(C)C(=O)OCC(=O)OC1C2OC(=O)C3CC1C(C)(C)C32.CCC(C)(C)C(=O)OCCC(=O)OC1C2CC3C1OC(=O)C3C2C.CCC(C)(C)C(=O)OCCCC(=O)OC1C2CC3C1OC(=O)C3C2C.CCC(C)C(=O)OCC(=O)OC1C2OC(=O)C3C2CC1C3(C)C.CCC(C)C(=O)OCC(=O)OC1C2OC(=O)C3CC1C(C)(C)C32.CCC(C)C(=O)OCCCC(=O)OC1C2CC3C1OC(=O)C3C2C. The molecule has 0 aromatic heterocycles. The second-order valence-electron chi connectivity index (χ2n) is 47.2. The predicted octanol–water partition coefficient (Wildman–Crippen LogP) is 12.2. The molecule has 6 saturated heterocycles. The molecule has 36 unspecified atom stereocenters. The van der Waals surface area contributed by atoms with Crippen LogP contribution in [0, 0.1) is 175 Å². The van der Waals surface area contributed by atoms with Crippen molar-refractivity contribution in [3.8, 4) is 0 Å². The zero-order valence-corrected chi connectivity index (χ0v) is 87.7. The molecule has 0 aromatic carbocycles. The Hall–Kier alpha value is -9.54. The van der Waals surface area contributed by atoms with Crippen molar-refractivity contribution in [1.82, 2.24) is 0 Å². The van der Waals surface area contributed by atoms with Gasteiger partial charge < -0.3 is 85.3 Å². The van der Waals surface area contributed by atoms with E-state index in [4.69, 9.17) is 85.3 Å². The topological polar surface area (TPSA) is 473 Å². The molecule has 798 valence electrons. The first-order chi connectivity index (χ1) is 67.1. The molecular formula is C107H154O36. The molecule has 0 spiro atoms. The molecule has 36 heteroatoms. The van der Waals surface area contributed by atoms with Crippen molar-refractivity contribution < 1.29 is 172 Å². The molecule has 0 aromatic rings. The number of carbonyl (C=O) groups is 18. The summed E-state index contributed by atoms with van der Waals surface area (Å²) < 4.78 is 96.7. The maximum absolute atomic E-state index is 12.1. The van der Waals surface area contributed by atoms with Crippen LogP contribution in [0.15, 0.2) is 0 Å². The summed E-state index contributed by atoms with van der Waals surface area (Å²) in [5.74, 6) is -3.89. The molecule has 6 heterocycles. The quantitative estimate of drug-likeness (QED) is 0.0323. The molecule has 12 saturated carbocycles. The minimum absolute atomic E-state index is 0.00470. The van der Waals surface area contributed by atoms with E-state index in [1.54, 1.807) is 27.7 Å². The first-order valence-electron chi connectivity index (χ1n) is 52.5. The molecule has 12 aliphatic carbocycles.